The molecule has 1 aromatic carbocycles. The molecule has 0 spiro atoms. The average Bonchev–Trinajstić information content (AvgIpc) is 2.35. The van der Waals surface area contributed by atoms with E-state index in [1.165, 1.54) is 4.90 Å². The lowest BCUT2D eigenvalue weighted by Crippen LogP contribution is -2.46. The number of nitrogen functional groups attached to an aromatic ring is 1. The van der Waals surface area contributed by atoms with Gasteiger partial charge < -0.3 is 10.5 Å². The number of rotatable bonds is 5. The fourth-order valence-corrected chi connectivity index (χ4v) is 2.48. The molecule has 0 atom stereocenters. The number of hydrogen-bond acceptors (Lipinski definition) is 4. The maximum absolute atomic E-state index is 12.0. The van der Waals surface area contributed by atoms with Gasteiger partial charge >= 0.3 is 0 Å². The second-order valence-corrected chi connectivity index (χ2v) is 6.23. The lowest BCUT2D eigenvalue weighted by Gasteiger charge is -2.34. The van der Waals surface area contributed by atoms with Gasteiger partial charge in [0.1, 0.15) is 5.75 Å². The molecule has 114 valence electrons. The zero-order chi connectivity index (χ0) is 15.5. The average molecular weight is 290 g/mol. The number of amides is 2. The predicted octanol–water partition coefficient (Wildman–Crippen LogP) is 2.21. The Morgan fingerprint density at radius 2 is 1.90 bits per heavy atom. The summed E-state index contributed by atoms with van der Waals surface area (Å²) in [5.41, 5.74) is 6.09. The van der Waals surface area contributed by atoms with Crippen molar-refractivity contribution in [1.29, 1.82) is 0 Å². The van der Waals surface area contributed by atoms with Crippen LogP contribution in [0.25, 0.3) is 0 Å². The third-order valence-electron chi connectivity index (χ3n) is 3.51. The van der Waals surface area contributed by atoms with E-state index < -0.39 is 0 Å². The predicted molar refractivity (Wildman–Crippen MR) is 80.7 cm³/mol. The van der Waals surface area contributed by atoms with Crippen molar-refractivity contribution in [3.05, 3.63) is 24.3 Å². The Balaban J connectivity index is 1.78. The zero-order valence-electron chi connectivity index (χ0n) is 12.6. The molecule has 1 heterocycles. The van der Waals surface area contributed by atoms with E-state index in [1.807, 2.05) is 26.0 Å². The van der Waals surface area contributed by atoms with E-state index in [1.54, 1.807) is 12.1 Å². The van der Waals surface area contributed by atoms with E-state index in [0.717, 1.165) is 0 Å². The first-order valence-electron chi connectivity index (χ1n) is 7.19. The Morgan fingerprint density at radius 3 is 2.52 bits per heavy atom. The highest BCUT2D eigenvalue weighted by Crippen LogP contribution is 2.31. The van der Waals surface area contributed by atoms with Gasteiger partial charge in [0.15, 0.2) is 0 Å². The van der Waals surface area contributed by atoms with Crippen LogP contribution in [0.4, 0.5) is 5.69 Å². The quantitative estimate of drug-likeness (QED) is 0.512. The largest absolute Gasteiger partial charge is 0.493 e. The van der Waals surface area contributed by atoms with Crippen LogP contribution in [0.2, 0.25) is 0 Å². The summed E-state index contributed by atoms with van der Waals surface area (Å²) in [5, 5.41) is 0. The SMILES string of the molecule is CC1(C)CC(=O)N(CCCOc2cccc(N)c2)C(=O)C1. The van der Waals surface area contributed by atoms with Crippen molar-refractivity contribution in [2.24, 2.45) is 5.41 Å². The summed E-state index contributed by atoms with van der Waals surface area (Å²) in [4.78, 5) is 25.3. The standard InChI is InChI=1S/C16H22N2O3/c1-16(2)10-14(19)18(15(20)11-16)7-4-8-21-13-6-3-5-12(17)9-13/h3,5-6,9H,4,7-8,10-11,17H2,1-2H3. The van der Waals surface area contributed by atoms with Gasteiger partial charge in [0, 0.05) is 31.1 Å². The third kappa shape index (κ3) is 4.21. The number of benzene rings is 1. The van der Waals surface area contributed by atoms with Crippen molar-refractivity contribution >= 4 is 17.5 Å². The fourth-order valence-electron chi connectivity index (χ4n) is 2.48. The molecule has 0 unspecified atom stereocenters. The number of nitrogens with two attached hydrogens (primary N) is 1. The molecule has 0 aromatic heterocycles. The van der Waals surface area contributed by atoms with Gasteiger partial charge in [-0.2, -0.15) is 0 Å². The molecule has 1 saturated heterocycles. The lowest BCUT2D eigenvalue weighted by molar-refractivity contribution is -0.152. The maximum atomic E-state index is 12.0. The highest BCUT2D eigenvalue weighted by atomic mass is 16.5. The molecule has 0 bridgehead atoms. The Labute approximate surface area is 125 Å². The zero-order valence-corrected chi connectivity index (χ0v) is 12.6. The Hall–Kier alpha value is -2.04. The van der Waals surface area contributed by atoms with Gasteiger partial charge in [-0.25, -0.2) is 0 Å². The van der Waals surface area contributed by atoms with E-state index in [0.29, 0.717) is 43.9 Å². The van der Waals surface area contributed by atoms with Crippen molar-refractivity contribution in [3.63, 3.8) is 0 Å². The molecule has 1 fully saturated rings. The molecular formula is C16H22N2O3. The van der Waals surface area contributed by atoms with Crippen molar-refractivity contribution in [2.75, 3.05) is 18.9 Å². The topological polar surface area (TPSA) is 72.6 Å². The molecule has 2 amide bonds. The van der Waals surface area contributed by atoms with Gasteiger partial charge in [-0.05, 0) is 24.0 Å². The van der Waals surface area contributed by atoms with Gasteiger partial charge in [0.25, 0.3) is 0 Å². The molecule has 1 aromatic rings. The minimum Gasteiger partial charge on any atom is -0.493 e. The molecule has 5 heteroatoms. The van der Waals surface area contributed by atoms with E-state index in [4.69, 9.17) is 10.5 Å². The van der Waals surface area contributed by atoms with Gasteiger partial charge in [0.05, 0.1) is 6.61 Å². The van der Waals surface area contributed by atoms with E-state index in [-0.39, 0.29) is 17.2 Å². The number of ether oxygens (including phenoxy) is 1. The van der Waals surface area contributed by atoms with Crippen LogP contribution in [0.3, 0.4) is 0 Å². The molecule has 2 rings (SSSR count). The molecule has 21 heavy (non-hydrogen) atoms. The molecule has 0 radical (unpaired) electrons. The lowest BCUT2D eigenvalue weighted by atomic mass is 9.82. The van der Waals surface area contributed by atoms with Gasteiger partial charge in [-0.1, -0.05) is 19.9 Å². The number of likely N-dealkylation sites (tertiary alicyclic amines) is 1. The summed E-state index contributed by atoms with van der Waals surface area (Å²) in [5.74, 6) is 0.535. The van der Waals surface area contributed by atoms with Crippen molar-refractivity contribution in [2.45, 2.75) is 33.1 Å². The molecule has 5 nitrogen and oxygen atoms in total. The van der Waals surface area contributed by atoms with Crippen LogP contribution in [-0.4, -0.2) is 29.9 Å². The summed E-state index contributed by atoms with van der Waals surface area (Å²) < 4.78 is 5.56. The van der Waals surface area contributed by atoms with Crippen molar-refractivity contribution in [3.8, 4) is 5.75 Å². The van der Waals surface area contributed by atoms with Crippen LogP contribution in [0, 0.1) is 5.41 Å². The smallest absolute Gasteiger partial charge is 0.229 e. The maximum Gasteiger partial charge on any atom is 0.229 e. The Kier molecular flexibility index (Phi) is 4.50. The number of imide groups is 1. The number of nitrogens with zero attached hydrogens (tertiary/aromatic N) is 1. The van der Waals surface area contributed by atoms with Gasteiger partial charge in [-0.3, -0.25) is 14.5 Å². The van der Waals surface area contributed by atoms with Crippen molar-refractivity contribution in [1.82, 2.24) is 4.90 Å². The molecule has 0 saturated carbocycles. The first-order chi connectivity index (χ1) is 9.87. The molecule has 0 aliphatic carbocycles. The number of hydrogen-bond donors (Lipinski definition) is 1. The second kappa shape index (κ2) is 6.16. The Bertz CT molecular complexity index is 520. The first-order valence-corrected chi connectivity index (χ1v) is 7.19. The highest BCUT2D eigenvalue weighted by Gasteiger charge is 2.36. The van der Waals surface area contributed by atoms with Gasteiger partial charge in [0.2, 0.25) is 11.8 Å². The van der Waals surface area contributed by atoms with E-state index in [9.17, 15) is 9.59 Å². The van der Waals surface area contributed by atoms with Crippen LogP contribution in [-0.2, 0) is 9.59 Å². The van der Waals surface area contributed by atoms with Crippen LogP contribution < -0.4 is 10.5 Å². The summed E-state index contributed by atoms with van der Waals surface area (Å²) in [6.45, 7) is 4.76. The minimum atomic E-state index is -0.220. The van der Waals surface area contributed by atoms with Crippen LogP contribution >= 0.6 is 0 Å². The third-order valence-corrected chi connectivity index (χ3v) is 3.51. The highest BCUT2D eigenvalue weighted by molar-refractivity contribution is 5.98. The van der Waals surface area contributed by atoms with Crippen LogP contribution in [0.1, 0.15) is 33.1 Å². The first kappa shape index (κ1) is 15.4. The summed E-state index contributed by atoms with van der Waals surface area (Å²) in [6.07, 6.45) is 1.47. The summed E-state index contributed by atoms with van der Waals surface area (Å²) in [7, 11) is 0. The van der Waals surface area contributed by atoms with Crippen molar-refractivity contribution < 1.29 is 14.3 Å². The van der Waals surface area contributed by atoms with Crippen LogP contribution in [0.15, 0.2) is 24.3 Å². The molecule has 2 N–H and O–H groups in total. The molecular weight excluding hydrogens is 268 g/mol. The van der Waals surface area contributed by atoms with Crippen LogP contribution in [0.5, 0.6) is 5.75 Å². The number of anilines is 1. The van der Waals surface area contributed by atoms with E-state index >= 15 is 0 Å². The molecule has 1 aliphatic heterocycles. The minimum absolute atomic E-state index is 0.0831. The number of carbonyl (C=O) groups excluding carboxylic acids is 2. The number of carbonyl (C=O) groups is 2. The fraction of sp³-hybridized carbons (Fsp3) is 0.500. The molecule has 1 aliphatic rings. The van der Waals surface area contributed by atoms with E-state index in [2.05, 4.69) is 0 Å². The monoisotopic (exact) mass is 290 g/mol. The number of piperidine rings is 1. The van der Waals surface area contributed by atoms with Gasteiger partial charge in [-0.15, -0.1) is 0 Å². The second-order valence-electron chi connectivity index (χ2n) is 6.23. The normalized spacial score (nSPS) is 17.9. The summed E-state index contributed by atoms with van der Waals surface area (Å²) in [6, 6.07) is 7.19. The summed E-state index contributed by atoms with van der Waals surface area (Å²) >= 11 is 0. The Morgan fingerprint density at radius 1 is 1.24 bits per heavy atom.